The van der Waals surface area contributed by atoms with Crippen molar-refractivity contribution in [3.63, 3.8) is 0 Å². The molecule has 2 aromatic rings. The molecule has 0 atom stereocenters. The summed E-state index contributed by atoms with van der Waals surface area (Å²) in [6.07, 6.45) is 1.42. The molecule has 29 heavy (non-hydrogen) atoms. The number of phosphoric acid groups is 2. The monoisotopic (exact) mass is 451 g/mol. The zero-order valence-electron chi connectivity index (χ0n) is 16.3. The van der Waals surface area contributed by atoms with Crippen LogP contribution in [0.1, 0.15) is 37.8 Å². The summed E-state index contributed by atoms with van der Waals surface area (Å²) >= 11 is 0. The Morgan fingerprint density at radius 1 is 0.690 bits per heavy atom. The SMILES string of the molecule is CC/C(=C(/CC)c1ccc(OP(=O)(O)O)cc1)c1ccc(OP(=O)(O)O)cc1.[Na]. The minimum Gasteiger partial charge on any atom is -0.404 e. The van der Waals surface area contributed by atoms with Crippen LogP contribution >= 0.6 is 15.6 Å². The largest absolute Gasteiger partial charge is 0.524 e. The number of allylic oxidation sites excluding steroid dienone is 2. The molecular weight excluding hydrogens is 429 g/mol. The van der Waals surface area contributed by atoms with Gasteiger partial charge in [0.25, 0.3) is 0 Å². The number of phosphoric ester groups is 2. The zero-order valence-corrected chi connectivity index (χ0v) is 20.1. The van der Waals surface area contributed by atoms with Crippen LogP contribution in [0, 0.1) is 0 Å². The average Bonchev–Trinajstić information content (AvgIpc) is 2.59. The number of hydrogen-bond acceptors (Lipinski definition) is 4. The predicted molar refractivity (Wildman–Crippen MR) is 111 cm³/mol. The predicted octanol–water partition coefficient (Wildman–Crippen LogP) is 3.98. The van der Waals surface area contributed by atoms with Crippen LogP contribution in [0.15, 0.2) is 48.5 Å². The molecule has 0 amide bonds. The molecule has 0 aliphatic carbocycles. The third-order valence-corrected chi connectivity index (χ3v) is 4.82. The van der Waals surface area contributed by atoms with E-state index in [1.54, 1.807) is 24.3 Å². The summed E-state index contributed by atoms with van der Waals surface area (Å²) < 4.78 is 31.0. The van der Waals surface area contributed by atoms with E-state index in [9.17, 15) is 9.13 Å². The summed E-state index contributed by atoms with van der Waals surface area (Å²) in [6.45, 7) is 3.99. The van der Waals surface area contributed by atoms with Crippen LogP contribution in [0.25, 0.3) is 11.1 Å². The third kappa shape index (κ3) is 8.38. The summed E-state index contributed by atoms with van der Waals surface area (Å²) in [5.41, 5.74) is 3.84. The second kappa shape index (κ2) is 10.9. The van der Waals surface area contributed by atoms with Gasteiger partial charge in [0.15, 0.2) is 0 Å². The molecular formula is C18H22NaO8P2. The molecule has 153 valence electrons. The van der Waals surface area contributed by atoms with Gasteiger partial charge in [0, 0.05) is 29.6 Å². The van der Waals surface area contributed by atoms with Crippen molar-refractivity contribution < 1.29 is 37.8 Å². The van der Waals surface area contributed by atoms with Crippen molar-refractivity contribution in [1.29, 1.82) is 0 Å². The summed E-state index contributed by atoms with van der Waals surface area (Å²) in [5.74, 6) is 0.147. The van der Waals surface area contributed by atoms with Crippen LogP contribution in [0.3, 0.4) is 0 Å². The van der Waals surface area contributed by atoms with Crippen molar-refractivity contribution >= 4 is 56.3 Å². The maximum Gasteiger partial charge on any atom is 0.524 e. The minimum absolute atomic E-state index is 0. The van der Waals surface area contributed by atoms with Gasteiger partial charge in [0.1, 0.15) is 11.5 Å². The van der Waals surface area contributed by atoms with Crippen LogP contribution < -0.4 is 9.05 Å². The van der Waals surface area contributed by atoms with Gasteiger partial charge in [0.2, 0.25) is 0 Å². The van der Waals surface area contributed by atoms with Crippen LogP contribution in [-0.4, -0.2) is 49.1 Å². The summed E-state index contributed by atoms with van der Waals surface area (Å²) in [6, 6.07) is 12.9. The summed E-state index contributed by atoms with van der Waals surface area (Å²) in [5, 5.41) is 0. The van der Waals surface area contributed by atoms with Gasteiger partial charge in [-0.3, -0.25) is 19.6 Å². The Balaban J connectivity index is 0.00000420. The van der Waals surface area contributed by atoms with Crippen molar-refractivity contribution in [2.24, 2.45) is 0 Å². The van der Waals surface area contributed by atoms with Gasteiger partial charge >= 0.3 is 15.6 Å². The van der Waals surface area contributed by atoms with Gasteiger partial charge in [-0.05, 0) is 59.4 Å². The molecule has 0 aromatic heterocycles. The third-order valence-electron chi connectivity index (χ3n) is 3.93. The molecule has 0 heterocycles. The van der Waals surface area contributed by atoms with E-state index in [4.69, 9.17) is 19.6 Å². The summed E-state index contributed by atoms with van der Waals surface area (Å²) in [4.78, 5) is 35.5. The molecule has 1 radical (unpaired) electrons. The fraction of sp³-hybridized carbons (Fsp3) is 0.222. The Morgan fingerprint density at radius 3 is 1.17 bits per heavy atom. The number of benzene rings is 2. The maximum atomic E-state index is 10.9. The molecule has 2 rings (SSSR count). The number of rotatable bonds is 8. The fourth-order valence-electron chi connectivity index (χ4n) is 2.89. The standard InChI is InChI=1S/C18H22O8P2.Na/c1-3-17(13-5-9-15(10-6-13)25-27(19,20)21)18(4-2)14-7-11-16(12-8-14)26-28(22,23)24;/h5-12H,3-4H2,1-2H3,(H2,19,20,21)(H2,22,23,24);/b18-17+;. The minimum atomic E-state index is -4.61. The molecule has 11 heteroatoms. The fourth-order valence-corrected chi connectivity index (χ4v) is 3.68. The Morgan fingerprint density at radius 2 is 0.966 bits per heavy atom. The molecule has 0 aliphatic heterocycles. The smallest absolute Gasteiger partial charge is 0.404 e. The second-order valence-corrected chi connectivity index (χ2v) is 8.20. The molecule has 0 saturated heterocycles. The van der Waals surface area contributed by atoms with Gasteiger partial charge in [-0.15, -0.1) is 0 Å². The Hall–Kier alpha value is -0.920. The molecule has 0 spiro atoms. The van der Waals surface area contributed by atoms with Crippen LogP contribution in [0.4, 0.5) is 0 Å². The molecule has 0 saturated carbocycles. The Bertz CT molecular complexity index is 852. The molecule has 2 aromatic carbocycles. The first-order chi connectivity index (χ1) is 13.0. The first kappa shape index (κ1) is 26.1. The molecule has 0 fully saturated rings. The van der Waals surface area contributed by atoms with Gasteiger partial charge in [-0.2, -0.15) is 0 Å². The Labute approximate surface area is 191 Å². The van der Waals surface area contributed by atoms with E-state index in [0.717, 1.165) is 22.3 Å². The van der Waals surface area contributed by atoms with E-state index >= 15 is 0 Å². The van der Waals surface area contributed by atoms with E-state index in [1.807, 2.05) is 13.8 Å². The van der Waals surface area contributed by atoms with E-state index < -0.39 is 15.6 Å². The van der Waals surface area contributed by atoms with Crippen molar-refractivity contribution in [1.82, 2.24) is 0 Å². The Kier molecular flexibility index (Phi) is 9.83. The van der Waals surface area contributed by atoms with Crippen molar-refractivity contribution in [3.8, 4) is 11.5 Å². The maximum absolute atomic E-state index is 10.9. The molecule has 0 aliphatic rings. The van der Waals surface area contributed by atoms with E-state index in [0.29, 0.717) is 12.8 Å². The first-order valence-electron chi connectivity index (χ1n) is 8.45. The quantitative estimate of drug-likeness (QED) is 0.269. The topological polar surface area (TPSA) is 134 Å². The van der Waals surface area contributed by atoms with Crippen molar-refractivity contribution in [2.45, 2.75) is 26.7 Å². The van der Waals surface area contributed by atoms with Crippen LogP contribution in [0.5, 0.6) is 11.5 Å². The first-order valence-corrected chi connectivity index (χ1v) is 11.5. The van der Waals surface area contributed by atoms with Crippen LogP contribution in [-0.2, 0) is 9.13 Å². The van der Waals surface area contributed by atoms with Gasteiger partial charge in [-0.1, -0.05) is 38.1 Å². The zero-order chi connectivity index (χ0) is 20.9. The van der Waals surface area contributed by atoms with Gasteiger partial charge in [-0.25, -0.2) is 9.13 Å². The van der Waals surface area contributed by atoms with Crippen LogP contribution in [0.2, 0.25) is 0 Å². The molecule has 8 nitrogen and oxygen atoms in total. The second-order valence-electron chi connectivity index (χ2n) is 5.88. The normalized spacial score (nSPS) is 12.6. The average molecular weight is 451 g/mol. The van der Waals surface area contributed by atoms with Crippen molar-refractivity contribution in [3.05, 3.63) is 59.7 Å². The van der Waals surface area contributed by atoms with E-state index in [-0.39, 0.29) is 41.1 Å². The molecule has 0 unspecified atom stereocenters. The van der Waals surface area contributed by atoms with Gasteiger partial charge < -0.3 is 9.05 Å². The van der Waals surface area contributed by atoms with Gasteiger partial charge in [0.05, 0.1) is 0 Å². The number of hydrogen-bond donors (Lipinski definition) is 4. The summed E-state index contributed by atoms with van der Waals surface area (Å²) in [7, 11) is -9.21. The van der Waals surface area contributed by atoms with E-state index in [1.165, 1.54) is 24.3 Å². The molecule has 0 bridgehead atoms. The molecule has 4 N–H and O–H groups in total. The van der Waals surface area contributed by atoms with E-state index in [2.05, 4.69) is 9.05 Å². The van der Waals surface area contributed by atoms with Crippen molar-refractivity contribution in [2.75, 3.05) is 0 Å².